The largest absolute Gasteiger partial charge is 0.314 e. The van der Waals surface area contributed by atoms with Gasteiger partial charge in [-0.25, -0.2) is 0 Å². The minimum Gasteiger partial charge on any atom is -0.314 e. The maximum atomic E-state index is 3.46. The van der Waals surface area contributed by atoms with Crippen molar-refractivity contribution < 1.29 is 0 Å². The van der Waals surface area contributed by atoms with E-state index in [-0.39, 0.29) is 0 Å². The average Bonchev–Trinajstić information content (AvgIpc) is 2.30. The van der Waals surface area contributed by atoms with E-state index in [9.17, 15) is 0 Å². The highest BCUT2D eigenvalue weighted by atomic mass is 79.9. The lowest BCUT2D eigenvalue weighted by Crippen LogP contribution is -2.50. The highest BCUT2D eigenvalue weighted by Crippen LogP contribution is 2.12. The number of hydrogen-bond acceptors (Lipinski definition) is 2. The molecule has 0 spiro atoms. The number of nitrogens with zero attached hydrogens (tertiary/aromatic N) is 1. The fourth-order valence-electron chi connectivity index (χ4n) is 2.14. The van der Waals surface area contributed by atoms with Gasteiger partial charge in [-0.15, -0.1) is 0 Å². The Kier molecular flexibility index (Phi) is 4.38. The predicted molar refractivity (Wildman–Crippen MR) is 71.8 cm³/mol. The van der Waals surface area contributed by atoms with Crippen LogP contribution in [0.3, 0.4) is 0 Å². The van der Waals surface area contributed by atoms with Crippen LogP contribution in [0.15, 0.2) is 28.7 Å². The van der Waals surface area contributed by atoms with E-state index < -0.39 is 0 Å². The Morgan fingerprint density at radius 1 is 1.38 bits per heavy atom. The molecule has 1 aromatic carbocycles. The van der Waals surface area contributed by atoms with Gasteiger partial charge >= 0.3 is 0 Å². The highest BCUT2D eigenvalue weighted by Gasteiger charge is 2.16. The highest BCUT2D eigenvalue weighted by molar-refractivity contribution is 9.10. The van der Waals surface area contributed by atoms with Crippen LogP contribution in [0.5, 0.6) is 0 Å². The first-order chi connectivity index (χ1) is 7.75. The van der Waals surface area contributed by atoms with Gasteiger partial charge in [0.2, 0.25) is 0 Å². The number of nitrogens with one attached hydrogen (secondary N) is 1. The van der Waals surface area contributed by atoms with Crippen LogP contribution in [0.1, 0.15) is 12.5 Å². The van der Waals surface area contributed by atoms with Gasteiger partial charge < -0.3 is 5.32 Å². The summed E-state index contributed by atoms with van der Waals surface area (Å²) >= 11 is 3.46. The summed E-state index contributed by atoms with van der Waals surface area (Å²) in [4.78, 5) is 2.57. The van der Waals surface area contributed by atoms with Crippen LogP contribution in [-0.4, -0.2) is 37.1 Å². The molecule has 16 heavy (non-hydrogen) atoms. The molecule has 1 heterocycles. The number of hydrogen-bond donors (Lipinski definition) is 1. The lowest BCUT2D eigenvalue weighted by molar-refractivity contribution is 0.176. The molecule has 1 unspecified atom stereocenters. The van der Waals surface area contributed by atoms with Gasteiger partial charge in [0, 0.05) is 36.7 Å². The maximum absolute atomic E-state index is 3.46. The zero-order chi connectivity index (χ0) is 11.4. The Hall–Kier alpha value is -0.380. The fourth-order valence-corrected chi connectivity index (χ4v) is 2.40. The summed E-state index contributed by atoms with van der Waals surface area (Å²) in [6.07, 6.45) is 1.15. The third-order valence-electron chi connectivity index (χ3n) is 3.24. The molecular weight excluding hydrogens is 264 g/mol. The van der Waals surface area contributed by atoms with Crippen LogP contribution in [0.2, 0.25) is 0 Å². The average molecular weight is 283 g/mol. The van der Waals surface area contributed by atoms with Crippen LogP contribution in [0.4, 0.5) is 0 Å². The Morgan fingerprint density at radius 3 is 2.81 bits per heavy atom. The van der Waals surface area contributed by atoms with Gasteiger partial charge in [-0.1, -0.05) is 28.1 Å². The predicted octanol–water partition coefficient (Wildman–Crippen LogP) is 2.29. The van der Waals surface area contributed by atoms with Crippen LogP contribution >= 0.6 is 15.9 Å². The molecule has 0 aromatic heterocycles. The van der Waals surface area contributed by atoms with Crippen molar-refractivity contribution in [2.75, 3.05) is 26.2 Å². The van der Waals surface area contributed by atoms with Crippen molar-refractivity contribution in [1.29, 1.82) is 0 Å². The van der Waals surface area contributed by atoms with Crippen molar-refractivity contribution >= 4 is 15.9 Å². The number of halogens is 1. The Labute approximate surface area is 106 Å². The minimum atomic E-state index is 0.671. The molecule has 2 rings (SSSR count). The van der Waals surface area contributed by atoms with E-state index in [4.69, 9.17) is 0 Å². The molecule has 2 nitrogen and oxygen atoms in total. The summed E-state index contributed by atoms with van der Waals surface area (Å²) in [6.45, 7) is 6.90. The third-order valence-corrected chi connectivity index (χ3v) is 3.77. The van der Waals surface area contributed by atoms with Crippen molar-refractivity contribution in [3.63, 3.8) is 0 Å². The molecular formula is C13H19BrN2. The number of rotatable bonds is 3. The van der Waals surface area contributed by atoms with Gasteiger partial charge in [0.15, 0.2) is 0 Å². The summed E-state index contributed by atoms with van der Waals surface area (Å²) < 4.78 is 1.16. The molecule has 1 aromatic rings. The van der Waals surface area contributed by atoms with E-state index in [1.807, 2.05) is 0 Å². The van der Waals surface area contributed by atoms with Crippen LogP contribution in [0, 0.1) is 0 Å². The monoisotopic (exact) mass is 282 g/mol. The van der Waals surface area contributed by atoms with Gasteiger partial charge in [0.1, 0.15) is 0 Å². The van der Waals surface area contributed by atoms with Gasteiger partial charge in [0.25, 0.3) is 0 Å². The van der Waals surface area contributed by atoms with Crippen LogP contribution < -0.4 is 5.32 Å². The van der Waals surface area contributed by atoms with E-state index in [1.165, 1.54) is 18.7 Å². The second-order valence-corrected chi connectivity index (χ2v) is 5.38. The first kappa shape index (κ1) is 12.1. The second-order valence-electron chi connectivity index (χ2n) is 4.47. The van der Waals surface area contributed by atoms with E-state index >= 15 is 0 Å². The molecule has 0 aliphatic carbocycles. The molecule has 1 aliphatic rings. The van der Waals surface area contributed by atoms with Crippen LogP contribution in [0.25, 0.3) is 0 Å². The molecule has 0 bridgehead atoms. The van der Waals surface area contributed by atoms with Crippen molar-refractivity contribution in [2.24, 2.45) is 0 Å². The number of benzene rings is 1. The minimum absolute atomic E-state index is 0.671. The van der Waals surface area contributed by atoms with E-state index in [1.54, 1.807) is 0 Å². The van der Waals surface area contributed by atoms with Crippen molar-refractivity contribution in [2.45, 2.75) is 19.4 Å². The maximum Gasteiger partial charge on any atom is 0.0193 e. The normalized spacial score (nSPS) is 22.2. The SMILES string of the molecule is CC1CNCCN1CCc1ccc(Br)cc1. The second kappa shape index (κ2) is 5.80. The summed E-state index contributed by atoms with van der Waals surface area (Å²) in [5, 5.41) is 3.42. The standard InChI is InChI=1S/C13H19BrN2/c1-11-10-15-7-9-16(11)8-6-12-2-4-13(14)5-3-12/h2-5,11,15H,6-10H2,1H3. The molecule has 3 heteroatoms. The van der Waals surface area contributed by atoms with E-state index in [2.05, 4.69) is 57.3 Å². The number of piperazine rings is 1. The topological polar surface area (TPSA) is 15.3 Å². The molecule has 1 N–H and O–H groups in total. The van der Waals surface area contributed by atoms with Gasteiger partial charge in [0.05, 0.1) is 0 Å². The van der Waals surface area contributed by atoms with E-state index in [0.717, 1.165) is 24.0 Å². The summed E-state index contributed by atoms with van der Waals surface area (Å²) in [6, 6.07) is 9.32. The first-order valence-electron chi connectivity index (χ1n) is 5.95. The lowest BCUT2D eigenvalue weighted by Gasteiger charge is -2.33. The summed E-state index contributed by atoms with van der Waals surface area (Å²) in [7, 11) is 0. The quantitative estimate of drug-likeness (QED) is 0.915. The third kappa shape index (κ3) is 3.30. The molecule has 0 amide bonds. The molecule has 88 valence electrons. The van der Waals surface area contributed by atoms with Crippen molar-refractivity contribution in [3.8, 4) is 0 Å². The zero-order valence-electron chi connectivity index (χ0n) is 9.75. The molecule has 1 saturated heterocycles. The molecule has 1 aliphatic heterocycles. The van der Waals surface area contributed by atoms with Gasteiger partial charge in [-0.3, -0.25) is 4.90 Å². The van der Waals surface area contributed by atoms with Gasteiger partial charge in [-0.05, 0) is 31.0 Å². The van der Waals surface area contributed by atoms with E-state index in [0.29, 0.717) is 6.04 Å². The van der Waals surface area contributed by atoms with Crippen LogP contribution in [-0.2, 0) is 6.42 Å². The van der Waals surface area contributed by atoms with Crippen molar-refractivity contribution in [1.82, 2.24) is 10.2 Å². The Bertz CT molecular complexity index is 323. The Balaban J connectivity index is 1.84. The molecule has 0 radical (unpaired) electrons. The first-order valence-corrected chi connectivity index (χ1v) is 6.74. The fraction of sp³-hybridized carbons (Fsp3) is 0.538. The zero-order valence-corrected chi connectivity index (χ0v) is 11.3. The van der Waals surface area contributed by atoms with Gasteiger partial charge in [-0.2, -0.15) is 0 Å². The smallest absolute Gasteiger partial charge is 0.0193 e. The summed E-state index contributed by atoms with van der Waals surface area (Å²) in [5.74, 6) is 0. The Morgan fingerprint density at radius 2 is 2.12 bits per heavy atom. The summed E-state index contributed by atoms with van der Waals surface area (Å²) in [5.41, 5.74) is 1.42. The lowest BCUT2D eigenvalue weighted by atomic mass is 10.1. The van der Waals surface area contributed by atoms with Crippen molar-refractivity contribution in [3.05, 3.63) is 34.3 Å². The molecule has 1 atom stereocenters. The molecule has 1 fully saturated rings. The molecule has 0 saturated carbocycles.